The van der Waals surface area contributed by atoms with Gasteiger partial charge in [-0.15, -0.1) is 0 Å². The molecule has 0 aliphatic heterocycles. The van der Waals surface area contributed by atoms with Crippen molar-refractivity contribution in [3.63, 3.8) is 0 Å². The molecule has 0 spiro atoms. The summed E-state index contributed by atoms with van der Waals surface area (Å²) < 4.78 is 15.3. The fraction of sp³-hybridized carbons (Fsp3) is 0.474. The number of thioether (sulfide) groups is 1. The van der Waals surface area contributed by atoms with Gasteiger partial charge >= 0.3 is 0 Å². The first-order chi connectivity index (χ1) is 12.0. The number of imidazole rings is 1. The minimum absolute atomic E-state index is 0.104. The van der Waals surface area contributed by atoms with Crippen molar-refractivity contribution < 1.29 is 9.18 Å². The Morgan fingerprint density at radius 2 is 1.92 bits per heavy atom. The smallest absolute Gasteiger partial charge is 0.237 e. The van der Waals surface area contributed by atoms with E-state index in [4.69, 9.17) is 4.98 Å². The number of aromatic nitrogens is 2. The zero-order chi connectivity index (χ0) is 18.0. The molecule has 1 fully saturated rings. The standard InChI is InChI=1S/C19H24FN3OS/c1-12-13(2)23(17-6-4-5-7-17)19(21-12)25-14(3)18(24)22-16-10-8-15(20)9-11-16/h8-11,14,17H,4-7H2,1-3H3,(H,22,24)/t14-/m0/s1. The lowest BCUT2D eigenvalue weighted by Gasteiger charge is -2.18. The molecule has 1 heterocycles. The van der Waals surface area contributed by atoms with Gasteiger partial charge in [0.15, 0.2) is 5.16 Å². The quantitative estimate of drug-likeness (QED) is 0.773. The summed E-state index contributed by atoms with van der Waals surface area (Å²) >= 11 is 1.49. The zero-order valence-electron chi connectivity index (χ0n) is 14.9. The van der Waals surface area contributed by atoms with Crippen molar-refractivity contribution in [3.05, 3.63) is 41.5 Å². The van der Waals surface area contributed by atoms with Crippen LogP contribution in [0.5, 0.6) is 0 Å². The normalized spacial score (nSPS) is 16.2. The molecule has 4 nitrogen and oxygen atoms in total. The van der Waals surface area contributed by atoms with Crippen molar-refractivity contribution in [2.24, 2.45) is 0 Å². The third kappa shape index (κ3) is 4.06. The van der Waals surface area contributed by atoms with E-state index in [0.717, 1.165) is 10.9 Å². The number of nitrogens with one attached hydrogen (secondary N) is 1. The molecule has 134 valence electrons. The van der Waals surface area contributed by atoms with Crippen molar-refractivity contribution in [2.75, 3.05) is 5.32 Å². The largest absolute Gasteiger partial charge is 0.325 e. The number of hydrogen-bond donors (Lipinski definition) is 1. The number of halogens is 1. The predicted octanol–water partition coefficient (Wildman–Crippen LogP) is 4.87. The van der Waals surface area contributed by atoms with Gasteiger partial charge < -0.3 is 9.88 Å². The first kappa shape index (κ1) is 18.0. The first-order valence-corrected chi connectivity index (χ1v) is 9.62. The maximum absolute atomic E-state index is 13.0. The summed E-state index contributed by atoms with van der Waals surface area (Å²) in [4.78, 5) is 17.2. The minimum Gasteiger partial charge on any atom is -0.325 e. The Balaban J connectivity index is 1.71. The van der Waals surface area contributed by atoms with Gasteiger partial charge in [0.1, 0.15) is 5.82 Å². The summed E-state index contributed by atoms with van der Waals surface area (Å²) in [5.74, 6) is -0.419. The molecule has 1 N–H and O–H groups in total. The highest BCUT2D eigenvalue weighted by atomic mass is 32.2. The summed E-state index contributed by atoms with van der Waals surface area (Å²) in [5.41, 5.74) is 2.83. The van der Waals surface area contributed by atoms with Crippen molar-refractivity contribution in [1.29, 1.82) is 0 Å². The molecular formula is C19H24FN3OS. The SMILES string of the molecule is Cc1nc(S[C@@H](C)C(=O)Nc2ccc(F)cc2)n(C2CCCC2)c1C. The third-order valence-electron chi connectivity index (χ3n) is 4.81. The first-order valence-electron chi connectivity index (χ1n) is 8.74. The molecule has 0 unspecified atom stereocenters. The highest BCUT2D eigenvalue weighted by Gasteiger charge is 2.25. The lowest BCUT2D eigenvalue weighted by Crippen LogP contribution is -2.23. The van der Waals surface area contributed by atoms with Crippen LogP contribution < -0.4 is 5.32 Å². The summed E-state index contributed by atoms with van der Waals surface area (Å²) in [5, 5.41) is 3.47. The molecule has 3 rings (SSSR count). The number of rotatable bonds is 5. The van der Waals surface area contributed by atoms with Crippen LogP contribution in [0.2, 0.25) is 0 Å². The molecule has 0 bridgehead atoms. The van der Waals surface area contributed by atoms with Gasteiger partial charge in [0.25, 0.3) is 0 Å². The fourth-order valence-electron chi connectivity index (χ4n) is 3.26. The molecule has 1 saturated carbocycles. The van der Waals surface area contributed by atoms with Gasteiger partial charge in [-0.2, -0.15) is 0 Å². The number of anilines is 1. The number of carbonyl (C=O) groups is 1. The maximum Gasteiger partial charge on any atom is 0.237 e. The van der Waals surface area contributed by atoms with Crippen LogP contribution in [0.1, 0.15) is 50.0 Å². The Labute approximate surface area is 152 Å². The second-order valence-corrected chi connectivity index (χ2v) is 7.94. The maximum atomic E-state index is 13.0. The summed E-state index contributed by atoms with van der Waals surface area (Å²) in [6.07, 6.45) is 4.87. The van der Waals surface area contributed by atoms with Crippen LogP contribution in [0.15, 0.2) is 29.4 Å². The van der Waals surface area contributed by atoms with Gasteiger partial charge in [-0.25, -0.2) is 9.37 Å². The van der Waals surface area contributed by atoms with E-state index in [0.29, 0.717) is 11.7 Å². The number of aryl methyl sites for hydroxylation is 1. The van der Waals surface area contributed by atoms with Crippen molar-refractivity contribution >= 4 is 23.4 Å². The van der Waals surface area contributed by atoms with Crippen LogP contribution in [0.4, 0.5) is 10.1 Å². The van der Waals surface area contributed by atoms with Crippen LogP contribution in [-0.4, -0.2) is 20.7 Å². The van der Waals surface area contributed by atoms with E-state index in [2.05, 4.69) is 16.8 Å². The Bertz CT molecular complexity index is 751. The monoisotopic (exact) mass is 361 g/mol. The number of carbonyl (C=O) groups excluding carboxylic acids is 1. The van der Waals surface area contributed by atoms with Crippen LogP contribution in [0.25, 0.3) is 0 Å². The van der Waals surface area contributed by atoms with Gasteiger partial charge in [-0.3, -0.25) is 4.79 Å². The average Bonchev–Trinajstić information content (AvgIpc) is 3.18. The number of nitrogens with zero attached hydrogens (tertiary/aromatic N) is 2. The van der Waals surface area contributed by atoms with E-state index >= 15 is 0 Å². The van der Waals surface area contributed by atoms with Gasteiger partial charge in [0.2, 0.25) is 5.91 Å². The Kier molecular flexibility index (Phi) is 5.47. The molecule has 1 aromatic carbocycles. The minimum atomic E-state index is -0.315. The average molecular weight is 361 g/mol. The Morgan fingerprint density at radius 1 is 1.28 bits per heavy atom. The summed E-state index contributed by atoms with van der Waals surface area (Å²) in [7, 11) is 0. The molecule has 1 aromatic heterocycles. The lowest BCUT2D eigenvalue weighted by atomic mass is 10.2. The summed E-state index contributed by atoms with van der Waals surface area (Å²) in [6.45, 7) is 6.00. The molecule has 1 aliphatic rings. The Morgan fingerprint density at radius 3 is 2.56 bits per heavy atom. The van der Waals surface area contributed by atoms with Crippen LogP contribution >= 0.6 is 11.8 Å². The zero-order valence-corrected chi connectivity index (χ0v) is 15.7. The molecule has 1 atom stereocenters. The van der Waals surface area contributed by atoms with Gasteiger partial charge in [-0.1, -0.05) is 24.6 Å². The lowest BCUT2D eigenvalue weighted by molar-refractivity contribution is -0.115. The number of amides is 1. The Hall–Kier alpha value is -1.82. The molecular weight excluding hydrogens is 337 g/mol. The van der Waals surface area contributed by atoms with Crippen LogP contribution in [0, 0.1) is 19.7 Å². The van der Waals surface area contributed by atoms with E-state index in [-0.39, 0.29) is 17.0 Å². The van der Waals surface area contributed by atoms with Crippen LogP contribution in [-0.2, 0) is 4.79 Å². The molecule has 25 heavy (non-hydrogen) atoms. The van der Waals surface area contributed by atoms with Crippen LogP contribution in [0.3, 0.4) is 0 Å². The highest BCUT2D eigenvalue weighted by molar-refractivity contribution is 8.00. The second kappa shape index (κ2) is 7.60. The van der Waals surface area contributed by atoms with Crippen molar-refractivity contribution in [3.8, 4) is 0 Å². The highest BCUT2D eigenvalue weighted by Crippen LogP contribution is 2.36. The summed E-state index contributed by atoms with van der Waals surface area (Å²) in [6, 6.07) is 6.31. The van der Waals surface area contributed by atoms with Gasteiger partial charge in [0.05, 0.1) is 10.9 Å². The molecule has 1 amide bonds. The molecule has 1 aliphatic carbocycles. The van der Waals surface area contributed by atoms with Crippen molar-refractivity contribution in [1.82, 2.24) is 9.55 Å². The second-order valence-electron chi connectivity index (χ2n) is 6.63. The fourth-order valence-corrected chi connectivity index (χ4v) is 4.33. The molecule has 6 heteroatoms. The van der Waals surface area contributed by atoms with E-state index in [1.54, 1.807) is 12.1 Å². The van der Waals surface area contributed by atoms with E-state index in [1.807, 2.05) is 13.8 Å². The predicted molar refractivity (Wildman–Crippen MR) is 99.6 cm³/mol. The molecule has 0 radical (unpaired) electrons. The third-order valence-corrected chi connectivity index (χ3v) is 5.87. The number of benzene rings is 1. The van der Waals surface area contributed by atoms with E-state index in [1.165, 1.54) is 55.3 Å². The van der Waals surface area contributed by atoms with Gasteiger partial charge in [0, 0.05) is 17.4 Å². The number of hydrogen-bond acceptors (Lipinski definition) is 3. The van der Waals surface area contributed by atoms with E-state index in [9.17, 15) is 9.18 Å². The molecule has 2 aromatic rings. The van der Waals surface area contributed by atoms with E-state index < -0.39 is 0 Å². The molecule has 0 saturated heterocycles. The topological polar surface area (TPSA) is 46.9 Å². The van der Waals surface area contributed by atoms with Gasteiger partial charge in [-0.05, 0) is 57.9 Å². The van der Waals surface area contributed by atoms with Crippen molar-refractivity contribution in [2.45, 2.75) is 62.9 Å².